The Morgan fingerprint density at radius 3 is 1.61 bits per heavy atom. The van der Waals surface area contributed by atoms with Gasteiger partial charge in [-0.2, -0.15) is 0 Å². The highest BCUT2D eigenvalue weighted by molar-refractivity contribution is 4.92. The van der Waals surface area contributed by atoms with Crippen LogP contribution < -0.4 is 0 Å². The zero-order valence-corrected chi connectivity index (χ0v) is 12.8. The van der Waals surface area contributed by atoms with E-state index in [1.807, 2.05) is 0 Å². The van der Waals surface area contributed by atoms with Crippen LogP contribution in [0.2, 0.25) is 0 Å². The van der Waals surface area contributed by atoms with Crippen LogP contribution in [0.15, 0.2) is 24.3 Å². The van der Waals surface area contributed by atoms with E-state index >= 15 is 0 Å². The van der Waals surface area contributed by atoms with Crippen molar-refractivity contribution in [3.8, 4) is 0 Å². The SMILES string of the molecule is CCCC/C=C\C/C=C\CCCCCCCCC. The second-order valence-corrected chi connectivity index (χ2v) is 5.23. The molecule has 0 spiro atoms. The molecule has 0 aromatic rings. The van der Waals surface area contributed by atoms with Gasteiger partial charge in [-0.3, -0.25) is 0 Å². The summed E-state index contributed by atoms with van der Waals surface area (Å²) in [6.07, 6.45) is 25.5. The van der Waals surface area contributed by atoms with Gasteiger partial charge >= 0.3 is 0 Å². The Balaban J connectivity index is 3.11. The van der Waals surface area contributed by atoms with Gasteiger partial charge in [-0.25, -0.2) is 0 Å². The fourth-order valence-electron chi connectivity index (χ4n) is 2.05. The van der Waals surface area contributed by atoms with Gasteiger partial charge in [0.25, 0.3) is 0 Å². The van der Waals surface area contributed by atoms with Gasteiger partial charge in [0.1, 0.15) is 0 Å². The minimum absolute atomic E-state index is 1.13. The molecule has 0 saturated carbocycles. The molecule has 18 heavy (non-hydrogen) atoms. The van der Waals surface area contributed by atoms with Crippen molar-refractivity contribution in [3.63, 3.8) is 0 Å². The molecule has 0 nitrogen and oxygen atoms in total. The molecule has 0 saturated heterocycles. The first-order chi connectivity index (χ1) is 8.91. The van der Waals surface area contributed by atoms with E-state index in [9.17, 15) is 0 Å². The molecule has 0 heteroatoms. The molecule has 0 aromatic carbocycles. The van der Waals surface area contributed by atoms with Crippen LogP contribution in [0, 0.1) is 0 Å². The number of hydrogen-bond acceptors (Lipinski definition) is 0. The fraction of sp³-hybridized carbons (Fsp3) is 0.778. The van der Waals surface area contributed by atoms with E-state index < -0.39 is 0 Å². The standard InChI is InChI=1S/C18H34/c1-3-5-7-9-11-13-15-17-18-16-14-12-10-8-6-4-2/h9,11,15,17H,3-8,10,12-14,16,18H2,1-2H3/b11-9-,17-15-. The summed E-state index contributed by atoms with van der Waals surface area (Å²) >= 11 is 0. The molecule has 0 atom stereocenters. The van der Waals surface area contributed by atoms with Crippen LogP contribution in [0.5, 0.6) is 0 Å². The molecule has 0 N–H and O–H groups in total. The third-order valence-corrected chi connectivity index (χ3v) is 3.30. The summed E-state index contributed by atoms with van der Waals surface area (Å²) in [7, 11) is 0. The van der Waals surface area contributed by atoms with Crippen LogP contribution in [-0.4, -0.2) is 0 Å². The van der Waals surface area contributed by atoms with Gasteiger partial charge in [-0.1, -0.05) is 89.5 Å². The van der Waals surface area contributed by atoms with E-state index in [1.165, 1.54) is 70.6 Å². The summed E-state index contributed by atoms with van der Waals surface area (Å²) in [6, 6.07) is 0. The van der Waals surface area contributed by atoms with Gasteiger partial charge in [-0.05, 0) is 25.7 Å². The number of allylic oxidation sites excluding steroid dienone is 4. The van der Waals surface area contributed by atoms with E-state index in [4.69, 9.17) is 0 Å². The van der Waals surface area contributed by atoms with Crippen LogP contribution in [0.4, 0.5) is 0 Å². The zero-order chi connectivity index (χ0) is 13.3. The predicted molar refractivity (Wildman–Crippen MR) is 85.0 cm³/mol. The van der Waals surface area contributed by atoms with Gasteiger partial charge in [0.15, 0.2) is 0 Å². The van der Waals surface area contributed by atoms with E-state index in [2.05, 4.69) is 38.2 Å². The molecule has 0 aromatic heterocycles. The van der Waals surface area contributed by atoms with E-state index in [-0.39, 0.29) is 0 Å². The maximum absolute atomic E-state index is 2.36. The predicted octanol–water partition coefficient (Wildman–Crippen LogP) is 6.82. The lowest BCUT2D eigenvalue weighted by atomic mass is 10.1. The minimum atomic E-state index is 1.13. The quantitative estimate of drug-likeness (QED) is 0.248. The van der Waals surface area contributed by atoms with Crippen LogP contribution in [0.3, 0.4) is 0 Å². The van der Waals surface area contributed by atoms with E-state index in [0.29, 0.717) is 0 Å². The average molecular weight is 250 g/mol. The molecular weight excluding hydrogens is 216 g/mol. The van der Waals surface area contributed by atoms with Crippen molar-refractivity contribution in [2.45, 2.75) is 90.9 Å². The molecule has 0 aliphatic carbocycles. The molecular formula is C18H34. The molecule has 106 valence electrons. The molecule has 0 aliphatic heterocycles. The maximum Gasteiger partial charge on any atom is -0.0169 e. The van der Waals surface area contributed by atoms with E-state index in [1.54, 1.807) is 0 Å². The monoisotopic (exact) mass is 250 g/mol. The molecule has 0 radical (unpaired) electrons. The lowest BCUT2D eigenvalue weighted by Gasteiger charge is -1.98. The maximum atomic E-state index is 2.36. The largest absolute Gasteiger partial charge is 0.0882 e. The molecule has 0 bridgehead atoms. The van der Waals surface area contributed by atoms with Crippen molar-refractivity contribution in [3.05, 3.63) is 24.3 Å². The zero-order valence-electron chi connectivity index (χ0n) is 12.8. The summed E-state index contributed by atoms with van der Waals surface area (Å²) in [5, 5.41) is 0. The minimum Gasteiger partial charge on any atom is -0.0882 e. The van der Waals surface area contributed by atoms with Gasteiger partial charge in [0, 0.05) is 0 Å². The summed E-state index contributed by atoms with van der Waals surface area (Å²) < 4.78 is 0. The summed E-state index contributed by atoms with van der Waals surface area (Å²) in [4.78, 5) is 0. The molecule has 0 aliphatic rings. The highest BCUT2D eigenvalue weighted by Crippen LogP contribution is 2.08. The lowest BCUT2D eigenvalue weighted by molar-refractivity contribution is 0.592. The number of hydrogen-bond donors (Lipinski definition) is 0. The number of rotatable bonds is 13. The average Bonchev–Trinajstić information content (AvgIpc) is 2.39. The van der Waals surface area contributed by atoms with Crippen LogP contribution in [-0.2, 0) is 0 Å². The highest BCUT2D eigenvalue weighted by atomic mass is 13.9. The van der Waals surface area contributed by atoms with Gasteiger partial charge < -0.3 is 0 Å². The third kappa shape index (κ3) is 15.5. The number of unbranched alkanes of at least 4 members (excludes halogenated alkanes) is 9. The summed E-state index contributed by atoms with van der Waals surface area (Å²) in [6.45, 7) is 4.53. The summed E-state index contributed by atoms with van der Waals surface area (Å²) in [5.41, 5.74) is 0. The lowest BCUT2D eigenvalue weighted by Crippen LogP contribution is -1.78. The van der Waals surface area contributed by atoms with Gasteiger partial charge in [0.2, 0.25) is 0 Å². The van der Waals surface area contributed by atoms with Crippen molar-refractivity contribution in [1.82, 2.24) is 0 Å². The highest BCUT2D eigenvalue weighted by Gasteiger charge is 1.88. The summed E-state index contributed by atoms with van der Waals surface area (Å²) in [5.74, 6) is 0. The van der Waals surface area contributed by atoms with Crippen LogP contribution in [0.25, 0.3) is 0 Å². The molecule has 0 heterocycles. The molecule has 0 amide bonds. The first-order valence-electron chi connectivity index (χ1n) is 8.21. The Morgan fingerprint density at radius 2 is 1.00 bits per heavy atom. The molecule has 0 unspecified atom stereocenters. The Morgan fingerprint density at radius 1 is 0.500 bits per heavy atom. The Kier molecular flexibility index (Phi) is 16.0. The Bertz CT molecular complexity index is 188. The first-order valence-corrected chi connectivity index (χ1v) is 8.21. The van der Waals surface area contributed by atoms with E-state index in [0.717, 1.165) is 6.42 Å². The second-order valence-electron chi connectivity index (χ2n) is 5.23. The van der Waals surface area contributed by atoms with Crippen molar-refractivity contribution in [1.29, 1.82) is 0 Å². The topological polar surface area (TPSA) is 0 Å². The normalized spacial score (nSPS) is 11.9. The Hall–Kier alpha value is -0.520. The van der Waals surface area contributed by atoms with Crippen molar-refractivity contribution in [2.75, 3.05) is 0 Å². The van der Waals surface area contributed by atoms with Crippen molar-refractivity contribution < 1.29 is 0 Å². The van der Waals surface area contributed by atoms with Crippen LogP contribution >= 0.6 is 0 Å². The van der Waals surface area contributed by atoms with Gasteiger partial charge in [0.05, 0.1) is 0 Å². The Labute approximate surface area is 116 Å². The first kappa shape index (κ1) is 17.5. The second kappa shape index (κ2) is 16.5. The smallest absolute Gasteiger partial charge is 0.0169 e. The van der Waals surface area contributed by atoms with Crippen LogP contribution in [0.1, 0.15) is 90.9 Å². The van der Waals surface area contributed by atoms with Crippen molar-refractivity contribution in [2.24, 2.45) is 0 Å². The molecule has 0 fully saturated rings. The molecule has 0 rings (SSSR count). The third-order valence-electron chi connectivity index (χ3n) is 3.30. The fourth-order valence-corrected chi connectivity index (χ4v) is 2.05. The van der Waals surface area contributed by atoms with Gasteiger partial charge in [-0.15, -0.1) is 0 Å². The van der Waals surface area contributed by atoms with Crippen molar-refractivity contribution >= 4 is 0 Å².